The zero-order valence-electron chi connectivity index (χ0n) is 34.4. The first-order valence-corrected chi connectivity index (χ1v) is 21.2. The summed E-state index contributed by atoms with van der Waals surface area (Å²) < 4.78 is 31.4. The number of aliphatic carboxylic acids is 1. The first-order valence-electron chi connectivity index (χ1n) is 21.2. The van der Waals surface area contributed by atoms with Crippen LogP contribution in [0.2, 0.25) is 0 Å². The Kier molecular flexibility index (Phi) is 17.7. The van der Waals surface area contributed by atoms with Gasteiger partial charge in [-0.05, 0) is 69.1 Å². The predicted octanol–water partition coefficient (Wildman–Crippen LogP) is 7.01. The second kappa shape index (κ2) is 22.6. The fourth-order valence-electron chi connectivity index (χ4n) is 8.28. The molecule has 6 aliphatic rings. The molecule has 7 bridgehead atoms. The van der Waals surface area contributed by atoms with Crippen LogP contribution in [0.3, 0.4) is 0 Å². The molecule has 14 atom stereocenters. The number of hydrogen-bond donors (Lipinski definition) is 3. The van der Waals surface area contributed by atoms with E-state index in [-0.39, 0.29) is 67.2 Å². The number of carbonyl (C=O) groups excluding carboxylic acids is 2. The number of aliphatic hydroxyl groups is 2. The smallest absolute Gasteiger partial charge is 0.331 e. The van der Waals surface area contributed by atoms with Gasteiger partial charge in [0.25, 0.3) is 0 Å². The molecule has 6 heterocycles. The molecule has 58 heavy (non-hydrogen) atoms. The third kappa shape index (κ3) is 13.4. The number of allylic oxidation sites excluding steroid dienone is 7. The van der Waals surface area contributed by atoms with Crippen molar-refractivity contribution in [2.45, 2.75) is 159 Å². The van der Waals surface area contributed by atoms with Crippen LogP contribution in [-0.2, 0) is 38.1 Å². The number of esters is 1. The Labute approximate surface area is 343 Å². The van der Waals surface area contributed by atoms with Crippen LogP contribution >= 0.6 is 0 Å². The van der Waals surface area contributed by atoms with E-state index in [1.54, 1.807) is 18.2 Å². The molecule has 0 aromatic rings. The number of ketones is 1. The zero-order valence-corrected chi connectivity index (χ0v) is 34.4. The van der Waals surface area contributed by atoms with Crippen LogP contribution in [-0.4, -0.2) is 100 Å². The summed E-state index contributed by atoms with van der Waals surface area (Å²) in [6, 6.07) is 0. The largest absolute Gasteiger partial charge is 0.481 e. The minimum atomic E-state index is -1.38. The molecular formula is C47H64O11. The standard InChI is InChI=1S/C47H64O11/c1-30(17-14-15-23-44(50)51)27-31(2)47-40-26-25-34(54-47)18-10-6-5-7-11-19-35(48)46(53)43-28-36(49)32(3)37(56-43)21-16-22-38-33(4)41-29-42(55-38)39(57-41)20-12-8-9-13-24-45(52)58-40/h6,8-13,16,19-20,22,24-27,30,32-34,36-43,46-47,49,53H,5,7,14-15,17-18,21,23,28-29H2,1-4H3,(H,50,51)/b9-8+,10-6+,19-11+,20-12?,22-16?,24-13?,31-27+. The number of rotatable bonds is 7. The van der Waals surface area contributed by atoms with Gasteiger partial charge in [0, 0.05) is 37.2 Å². The molecule has 3 saturated heterocycles. The molecule has 0 aromatic heterocycles. The summed E-state index contributed by atoms with van der Waals surface area (Å²) in [7, 11) is 0. The average Bonchev–Trinajstić information content (AvgIpc) is 3.54. The Morgan fingerprint density at radius 3 is 2.34 bits per heavy atom. The first kappa shape index (κ1) is 45.4. The molecule has 318 valence electrons. The molecule has 6 rings (SSSR count). The van der Waals surface area contributed by atoms with Gasteiger partial charge in [-0.2, -0.15) is 0 Å². The highest BCUT2D eigenvalue weighted by Gasteiger charge is 2.45. The Hall–Kier alpha value is -3.71. The van der Waals surface area contributed by atoms with Gasteiger partial charge in [0.2, 0.25) is 0 Å². The number of fused-ring (bicyclic) bond motifs is 13. The van der Waals surface area contributed by atoms with Crippen molar-refractivity contribution in [3.05, 3.63) is 96.7 Å². The van der Waals surface area contributed by atoms with E-state index in [1.807, 2.05) is 68.5 Å². The fourth-order valence-corrected chi connectivity index (χ4v) is 8.28. The normalized spacial score (nSPS) is 38.8. The molecule has 0 radical (unpaired) electrons. The van der Waals surface area contributed by atoms with Gasteiger partial charge < -0.3 is 39.0 Å². The molecule has 3 N–H and O–H groups in total. The molecular weight excluding hydrogens is 741 g/mol. The number of carbonyl (C=O) groups is 3. The lowest BCUT2D eigenvalue weighted by Gasteiger charge is -2.39. The molecule has 6 aliphatic heterocycles. The van der Waals surface area contributed by atoms with E-state index < -0.39 is 48.2 Å². The monoisotopic (exact) mass is 804 g/mol. The van der Waals surface area contributed by atoms with Gasteiger partial charge in [0.1, 0.15) is 18.3 Å². The van der Waals surface area contributed by atoms with Crippen LogP contribution in [0.4, 0.5) is 0 Å². The molecule has 14 unspecified atom stereocenters. The molecule has 3 fully saturated rings. The molecule has 0 spiro atoms. The molecule has 0 aromatic carbocycles. The second-order valence-electron chi connectivity index (χ2n) is 16.5. The van der Waals surface area contributed by atoms with Crippen LogP contribution in [0.5, 0.6) is 0 Å². The minimum absolute atomic E-state index is 0.0411. The highest BCUT2D eigenvalue weighted by atomic mass is 16.6. The Morgan fingerprint density at radius 2 is 1.53 bits per heavy atom. The molecule has 0 saturated carbocycles. The number of carboxylic acid groups (broad SMARTS) is 1. The van der Waals surface area contributed by atoms with Crippen molar-refractivity contribution in [2.75, 3.05) is 0 Å². The maximum Gasteiger partial charge on any atom is 0.331 e. The lowest BCUT2D eigenvalue weighted by Crippen LogP contribution is -2.49. The van der Waals surface area contributed by atoms with Gasteiger partial charge in [0.15, 0.2) is 11.9 Å². The Morgan fingerprint density at radius 1 is 0.759 bits per heavy atom. The quantitative estimate of drug-likeness (QED) is 0.138. The van der Waals surface area contributed by atoms with E-state index in [9.17, 15) is 24.6 Å². The summed E-state index contributed by atoms with van der Waals surface area (Å²) in [5.74, 6) is -1.59. The van der Waals surface area contributed by atoms with Crippen LogP contribution < -0.4 is 0 Å². The maximum atomic E-state index is 13.0. The van der Waals surface area contributed by atoms with Crippen molar-refractivity contribution in [3.8, 4) is 0 Å². The van der Waals surface area contributed by atoms with Crippen molar-refractivity contribution in [1.29, 1.82) is 0 Å². The minimum Gasteiger partial charge on any atom is -0.481 e. The molecule has 0 amide bonds. The first-order chi connectivity index (χ1) is 27.9. The zero-order chi connectivity index (χ0) is 41.6. The summed E-state index contributed by atoms with van der Waals surface area (Å²) in [4.78, 5) is 36.9. The lowest BCUT2D eigenvalue weighted by atomic mass is 9.86. The Balaban J connectivity index is 1.29. The third-order valence-corrected chi connectivity index (χ3v) is 11.8. The average molecular weight is 805 g/mol. The Bertz CT molecular complexity index is 1620. The van der Waals surface area contributed by atoms with Gasteiger partial charge in [-0.1, -0.05) is 100 Å². The van der Waals surface area contributed by atoms with Crippen molar-refractivity contribution >= 4 is 17.7 Å². The number of ether oxygens (including phenoxy) is 5. The van der Waals surface area contributed by atoms with Crippen molar-refractivity contribution in [2.24, 2.45) is 17.8 Å². The van der Waals surface area contributed by atoms with Gasteiger partial charge in [-0.15, -0.1) is 0 Å². The highest BCUT2D eigenvalue weighted by molar-refractivity contribution is 5.93. The fraction of sp³-hybridized carbons (Fsp3) is 0.596. The van der Waals surface area contributed by atoms with E-state index in [4.69, 9.17) is 28.8 Å². The van der Waals surface area contributed by atoms with Crippen LogP contribution in [0.15, 0.2) is 96.7 Å². The predicted molar refractivity (Wildman–Crippen MR) is 221 cm³/mol. The third-order valence-electron chi connectivity index (χ3n) is 11.8. The summed E-state index contributed by atoms with van der Waals surface area (Å²) in [6.45, 7) is 8.10. The van der Waals surface area contributed by atoms with Crippen molar-refractivity contribution < 1.29 is 53.4 Å². The summed E-state index contributed by atoms with van der Waals surface area (Å²) in [5.41, 5.74) is 0.937. The lowest BCUT2D eigenvalue weighted by molar-refractivity contribution is -0.168. The van der Waals surface area contributed by atoms with Crippen LogP contribution in [0, 0.1) is 17.8 Å². The SMILES string of the molecule is C/C(=C\C(C)CCCCC(=O)O)C1OC2C=CC1OC(=O)C=C/C=C/C=CC1OC3CC1OC(C=CCC1OC(CC(O)C1C)C(O)C(=O)/C=C/CC/C=C/C2)C3C. The number of unbranched alkanes of at least 4 members (excludes halogenated alkanes) is 1. The van der Waals surface area contributed by atoms with E-state index in [1.165, 1.54) is 12.2 Å². The van der Waals surface area contributed by atoms with Gasteiger partial charge in [0.05, 0.1) is 42.7 Å². The van der Waals surface area contributed by atoms with Crippen LogP contribution in [0.1, 0.15) is 91.9 Å². The van der Waals surface area contributed by atoms with E-state index in [2.05, 4.69) is 19.9 Å². The van der Waals surface area contributed by atoms with Crippen molar-refractivity contribution in [1.82, 2.24) is 0 Å². The molecule has 11 heteroatoms. The van der Waals surface area contributed by atoms with E-state index >= 15 is 0 Å². The molecule has 11 nitrogen and oxygen atoms in total. The second-order valence-corrected chi connectivity index (χ2v) is 16.5. The van der Waals surface area contributed by atoms with Crippen molar-refractivity contribution in [3.63, 3.8) is 0 Å². The van der Waals surface area contributed by atoms with Crippen LogP contribution in [0.25, 0.3) is 0 Å². The van der Waals surface area contributed by atoms with E-state index in [0.717, 1.165) is 24.8 Å². The molecule has 0 aliphatic carbocycles. The van der Waals surface area contributed by atoms with Gasteiger partial charge in [-0.25, -0.2) is 4.79 Å². The summed E-state index contributed by atoms with van der Waals surface area (Å²) in [6.07, 6.45) is 28.3. The number of carboxylic acids is 1. The summed E-state index contributed by atoms with van der Waals surface area (Å²) >= 11 is 0. The van der Waals surface area contributed by atoms with Gasteiger partial charge in [-0.3, -0.25) is 9.59 Å². The number of aliphatic hydroxyl groups excluding tert-OH is 2. The van der Waals surface area contributed by atoms with E-state index in [0.29, 0.717) is 32.1 Å². The number of hydrogen-bond acceptors (Lipinski definition) is 10. The summed E-state index contributed by atoms with van der Waals surface area (Å²) in [5, 5.41) is 30.8. The maximum absolute atomic E-state index is 13.0. The highest BCUT2D eigenvalue weighted by Crippen LogP contribution is 2.38. The van der Waals surface area contributed by atoms with Gasteiger partial charge >= 0.3 is 11.9 Å². The topological polar surface area (TPSA) is 158 Å².